The number of anilines is 1. The quantitative estimate of drug-likeness (QED) is 0.824. The van der Waals surface area contributed by atoms with E-state index in [1.807, 2.05) is 37.9 Å². The van der Waals surface area contributed by atoms with E-state index in [1.54, 1.807) is 0 Å². The highest BCUT2D eigenvalue weighted by atomic mass is 32.1. The van der Waals surface area contributed by atoms with Gasteiger partial charge in [0.1, 0.15) is 4.88 Å². The first-order chi connectivity index (χ1) is 12.0. The predicted octanol–water partition coefficient (Wildman–Crippen LogP) is 2.19. The number of likely N-dealkylation sites (tertiary alicyclic amines) is 1. The van der Waals surface area contributed by atoms with Crippen LogP contribution in [-0.4, -0.2) is 59.2 Å². The number of morpholine rings is 1. The van der Waals surface area contributed by atoms with Gasteiger partial charge in [-0.1, -0.05) is 0 Å². The van der Waals surface area contributed by atoms with Crippen LogP contribution in [0.4, 0.5) is 5.69 Å². The zero-order chi connectivity index (χ0) is 17.6. The third-order valence-electron chi connectivity index (χ3n) is 4.90. The lowest BCUT2D eigenvalue weighted by Gasteiger charge is -2.38. The fraction of sp³-hybridized carbons (Fsp3) is 0.500. The fourth-order valence-corrected chi connectivity index (χ4v) is 4.64. The number of carbonyl (C=O) groups excluding carboxylic acids is 1. The Bertz CT molecular complexity index is 806. The zero-order valence-corrected chi connectivity index (χ0v) is 15.5. The van der Waals surface area contributed by atoms with Crippen LogP contribution in [0.5, 0.6) is 0 Å². The van der Waals surface area contributed by atoms with Gasteiger partial charge in [-0.3, -0.25) is 9.78 Å². The monoisotopic (exact) mass is 358 g/mol. The third-order valence-corrected chi connectivity index (χ3v) is 5.96. The number of aryl methyl sites for hydroxylation is 3. The van der Waals surface area contributed by atoms with E-state index in [0.29, 0.717) is 19.7 Å². The van der Waals surface area contributed by atoms with Crippen molar-refractivity contribution in [2.24, 2.45) is 0 Å². The second-order valence-electron chi connectivity index (χ2n) is 6.68. The SMILES string of the molecule is Cc1cc(N2CCO[C@H]3CN(C(=O)c4sc(C)nc4C)C[C@@H]32)ccn1. The van der Waals surface area contributed by atoms with Crippen LogP contribution in [0, 0.1) is 20.8 Å². The van der Waals surface area contributed by atoms with Gasteiger partial charge in [0.2, 0.25) is 0 Å². The van der Waals surface area contributed by atoms with Gasteiger partial charge >= 0.3 is 0 Å². The van der Waals surface area contributed by atoms with E-state index in [9.17, 15) is 4.79 Å². The van der Waals surface area contributed by atoms with E-state index < -0.39 is 0 Å². The molecule has 2 aliphatic rings. The number of amides is 1. The second kappa shape index (κ2) is 6.38. The molecule has 2 aromatic rings. The maximum absolute atomic E-state index is 12.9. The number of pyridine rings is 1. The summed E-state index contributed by atoms with van der Waals surface area (Å²) in [6.45, 7) is 8.69. The number of carbonyl (C=O) groups is 1. The molecule has 1 amide bonds. The number of aromatic nitrogens is 2. The summed E-state index contributed by atoms with van der Waals surface area (Å²) in [4.78, 5) is 26.6. The maximum atomic E-state index is 12.9. The lowest BCUT2D eigenvalue weighted by atomic mass is 10.1. The average Bonchev–Trinajstić information content (AvgIpc) is 3.16. The Kier molecular flexibility index (Phi) is 4.21. The smallest absolute Gasteiger partial charge is 0.266 e. The van der Waals surface area contributed by atoms with Gasteiger partial charge in [0, 0.05) is 37.2 Å². The highest BCUT2D eigenvalue weighted by molar-refractivity contribution is 7.13. The Morgan fingerprint density at radius 1 is 1.32 bits per heavy atom. The molecular formula is C18H22N4O2S. The normalized spacial score (nSPS) is 23.0. The molecule has 0 radical (unpaired) electrons. The molecule has 2 aromatic heterocycles. The van der Waals surface area contributed by atoms with Gasteiger partial charge in [0.05, 0.1) is 29.5 Å². The van der Waals surface area contributed by atoms with Crippen LogP contribution in [0.3, 0.4) is 0 Å². The predicted molar refractivity (Wildman–Crippen MR) is 97.3 cm³/mol. The summed E-state index contributed by atoms with van der Waals surface area (Å²) in [6.07, 6.45) is 1.90. The lowest BCUT2D eigenvalue weighted by molar-refractivity contribution is 0.0302. The van der Waals surface area contributed by atoms with Crippen molar-refractivity contribution in [2.45, 2.75) is 32.9 Å². The molecule has 2 fully saturated rings. The summed E-state index contributed by atoms with van der Waals surface area (Å²) in [7, 11) is 0. The summed E-state index contributed by atoms with van der Waals surface area (Å²) >= 11 is 1.48. The number of hydrogen-bond donors (Lipinski definition) is 0. The molecule has 4 heterocycles. The van der Waals surface area contributed by atoms with Crippen LogP contribution in [-0.2, 0) is 4.74 Å². The summed E-state index contributed by atoms with van der Waals surface area (Å²) < 4.78 is 5.97. The zero-order valence-electron chi connectivity index (χ0n) is 14.7. The Hall–Kier alpha value is -1.99. The van der Waals surface area contributed by atoms with E-state index in [1.165, 1.54) is 11.3 Å². The van der Waals surface area contributed by atoms with Crippen LogP contribution in [0.25, 0.3) is 0 Å². The molecule has 0 spiro atoms. The second-order valence-corrected chi connectivity index (χ2v) is 7.89. The summed E-state index contributed by atoms with van der Waals surface area (Å²) in [5, 5.41) is 0.933. The van der Waals surface area contributed by atoms with Crippen molar-refractivity contribution in [1.29, 1.82) is 0 Å². The minimum atomic E-state index is 0.0560. The molecule has 0 saturated carbocycles. The lowest BCUT2D eigenvalue weighted by Crippen LogP contribution is -2.51. The Labute approximate surface area is 151 Å². The highest BCUT2D eigenvalue weighted by Gasteiger charge is 2.42. The molecule has 4 rings (SSSR count). The van der Waals surface area contributed by atoms with Crippen molar-refractivity contribution in [2.75, 3.05) is 31.1 Å². The van der Waals surface area contributed by atoms with Gasteiger partial charge in [0.15, 0.2) is 0 Å². The molecule has 6 nitrogen and oxygen atoms in total. The number of nitrogens with zero attached hydrogens (tertiary/aromatic N) is 4. The number of fused-ring (bicyclic) bond motifs is 1. The van der Waals surface area contributed by atoms with Gasteiger partial charge in [-0.25, -0.2) is 4.98 Å². The summed E-state index contributed by atoms with van der Waals surface area (Å²) in [5.41, 5.74) is 2.98. The van der Waals surface area contributed by atoms with Crippen molar-refractivity contribution >= 4 is 22.9 Å². The van der Waals surface area contributed by atoms with Crippen molar-refractivity contribution in [3.05, 3.63) is 39.6 Å². The minimum absolute atomic E-state index is 0.0560. The van der Waals surface area contributed by atoms with Gasteiger partial charge in [-0.2, -0.15) is 0 Å². The van der Waals surface area contributed by atoms with Gasteiger partial charge in [-0.15, -0.1) is 11.3 Å². The topological polar surface area (TPSA) is 58.6 Å². The van der Waals surface area contributed by atoms with Gasteiger partial charge in [-0.05, 0) is 32.9 Å². The molecule has 2 atom stereocenters. The first-order valence-electron chi connectivity index (χ1n) is 8.57. The van der Waals surface area contributed by atoms with E-state index in [0.717, 1.165) is 33.5 Å². The number of hydrogen-bond acceptors (Lipinski definition) is 6. The van der Waals surface area contributed by atoms with Gasteiger partial charge in [0.25, 0.3) is 5.91 Å². The molecule has 7 heteroatoms. The van der Waals surface area contributed by atoms with Crippen LogP contribution < -0.4 is 4.90 Å². The molecule has 25 heavy (non-hydrogen) atoms. The van der Waals surface area contributed by atoms with E-state index in [2.05, 4.69) is 20.9 Å². The molecule has 132 valence electrons. The largest absolute Gasteiger partial charge is 0.372 e. The molecule has 0 unspecified atom stereocenters. The van der Waals surface area contributed by atoms with E-state index >= 15 is 0 Å². The van der Waals surface area contributed by atoms with E-state index in [4.69, 9.17) is 4.74 Å². The molecule has 0 aliphatic carbocycles. The molecule has 2 saturated heterocycles. The third kappa shape index (κ3) is 3.02. The Morgan fingerprint density at radius 3 is 2.88 bits per heavy atom. The molecule has 0 aromatic carbocycles. The fourth-order valence-electron chi connectivity index (χ4n) is 3.76. The highest BCUT2D eigenvalue weighted by Crippen LogP contribution is 2.30. The van der Waals surface area contributed by atoms with Crippen molar-refractivity contribution in [1.82, 2.24) is 14.9 Å². The van der Waals surface area contributed by atoms with Crippen LogP contribution >= 0.6 is 11.3 Å². The van der Waals surface area contributed by atoms with Crippen LogP contribution in [0.15, 0.2) is 18.3 Å². The minimum Gasteiger partial charge on any atom is -0.372 e. The first-order valence-corrected chi connectivity index (χ1v) is 9.39. The number of rotatable bonds is 2. The molecule has 2 aliphatic heterocycles. The molecular weight excluding hydrogens is 336 g/mol. The summed E-state index contributed by atoms with van der Waals surface area (Å²) in [6, 6.07) is 4.33. The van der Waals surface area contributed by atoms with Crippen molar-refractivity contribution < 1.29 is 9.53 Å². The molecule has 0 N–H and O–H groups in total. The molecule has 0 bridgehead atoms. The summed E-state index contributed by atoms with van der Waals surface area (Å²) in [5.74, 6) is 0.0759. The maximum Gasteiger partial charge on any atom is 0.266 e. The Balaban J connectivity index is 1.56. The Morgan fingerprint density at radius 2 is 2.16 bits per heavy atom. The van der Waals surface area contributed by atoms with Crippen LogP contribution in [0.1, 0.15) is 26.1 Å². The average molecular weight is 358 g/mol. The standard InChI is InChI=1S/C18H22N4O2S/c1-11-8-14(4-5-19-11)22-6-7-24-16-10-21(9-15(16)22)18(23)17-12(2)20-13(3)25-17/h4-5,8,15-16H,6-7,9-10H2,1-3H3/t15-,16-/m0/s1. The number of thiazole rings is 1. The number of ether oxygens (including phenoxy) is 1. The van der Waals surface area contributed by atoms with Crippen molar-refractivity contribution in [3.63, 3.8) is 0 Å². The van der Waals surface area contributed by atoms with Crippen molar-refractivity contribution in [3.8, 4) is 0 Å². The van der Waals surface area contributed by atoms with Gasteiger partial charge < -0.3 is 14.5 Å². The van der Waals surface area contributed by atoms with Crippen LogP contribution in [0.2, 0.25) is 0 Å². The van der Waals surface area contributed by atoms with E-state index in [-0.39, 0.29) is 18.1 Å². The first kappa shape index (κ1) is 16.5.